The molecule has 1 nitrogen and oxygen atoms in total. The average molecular weight is 266 g/mol. The molecule has 0 heterocycles. The predicted octanol–water partition coefficient (Wildman–Crippen LogP) is 4.93. The van der Waals surface area contributed by atoms with Crippen molar-refractivity contribution in [3.05, 3.63) is 77.9 Å². The van der Waals surface area contributed by atoms with Crippen molar-refractivity contribution in [1.29, 1.82) is 0 Å². The molecule has 2 aromatic carbocycles. The van der Waals surface area contributed by atoms with E-state index < -0.39 is 0 Å². The summed E-state index contributed by atoms with van der Waals surface area (Å²) in [6, 6.07) is 21.0. The van der Waals surface area contributed by atoms with Crippen molar-refractivity contribution in [2.45, 2.75) is 26.4 Å². The molecule has 0 aliphatic heterocycles. The van der Waals surface area contributed by atoms with Crippen molar-refractivity contribution < 1.29 is 4.74 Å². The molecule has 0 saturated heterocycles. The third kappa shape index (κ3) is 4.36. The maximum Gasteiger partial charge on any atom is 0.0519 e. The molecule has 0 radical (unpaired) electrons. The van der Waals surface area contributed by atoms with E-state index >= 15 is 0 Å². The number of ether oxygens (including phenoxy) is 1. The van der Waals surface area contributed by atoms with E-state index in [9.17, 15) is 0 Å². The number of rotatable bonds is 6. The zero-order chi connectivity index (χ0) is 14.2. The van der Waals surface area contributed by atoms with Crippen molar-refractivity contribution in [2.24, 2.45) is 0 Å². The summed E-state index contributed by atoms with van der Waals surface area (Å²) >= 11 is 0. The molecule has 0 amide bonds. The van der Waals surface area contributed by atoms with Gasteiger partial charge in [0, 0.05) is 0 Å². The molecule has 0 aliphatic carbocycles. The normalized spacial score (nSPS) is 10.6. The van der Waals surface area contributed by atoms with Crippen LogP contribution in [0.3, 0.4) is 0 Å². The molecule has 20 heavy (non-hydrogen) atoms. The van der Waals surface area contributed by atoms with Gasteiger partial charge in [-0.15, -0.1) is 0 Å². The van der Waals surface area contributed by atoms with Gasteiger partial charge >= 0.3 is 0 Å². The lowest BCUT2D eigenvalue weighted by molar-refractivity contribution is 0.0826. The zero-order valence-corrected chi connectivity index (χ0v) is 12.3. The van der Waals surface area contributed by atoms with Crippen LogP contribution in [0.4, 0.5) is 0 Å². The summed E-state index contributed by atoms with van der Waals surface area (Å²) in [6.45, 7) is 4.90. The smallest absolute Gasteiger partial charge is 0.0519 e. The van der Waals surface area contributed by atoms with Gasteiger partial charge in [0.05, 0.1) is 12.7 Å². The van der Waals surface area contributed by atoms with Crippen LogP contribution in [0.15, 0.2) is 66.7 Å². The van der Waals surface area contributed by atoms with Gasteiger partial charge in [-0.25, -0.2) is 0 Å². The molecule has 0 spiro atoms. The van der Waals surface area contributed by atoms with Gasteiger partial charge in [0.25, 0.3) is 0 Å². The summed E-state index contributed by atoms with van der Waals surface area (Å²) in [5.41, 5.74) is 3.78. The molecule has 0 N–H and O–H groups in total. The van der Waals surface area contributed by atoms with Crippen LogP contribution in [0.5, 0.6) is 0 Å². The Morgan fingerprint density at radius 1 is 0.900 bits per heavy atom. The average Bonchev–Trinajstić information content (AvgIpc) is 2.49. The highest BCUT2D eigenvalue weighted by Gasteiger charge is 2.03. The maximum atomic E-state index is 5.62. The lowest BCUT2D eigenvalue weighted by Crippen LogP contribution is -2.03. The Labute approximate surface area is 121 Å². The van der Waals surface area contributed by atoms with E-state index in [1.165, 1.54) is 16.7 Å². The fraction of sp³-hybridized carbons (Fsp3) is 0.263. The standard InChI is InChI=1S/C19H22O/c1-16(2)20-15-9-14-19(17-10-5-3-6-11-17)18-12-7-4-8-13-18/h3-8,10-14,16H,9,15H2,1-2H3. The van der Waals surface area contributed by atoms with Crippen molar-refractivity contribution >= 4 is 5.57 Å². The van der Waals surface area contributed by atoms with Gasteiger partial charge in [0.2, 0.25) is 0 Å². The molecule has 0 fully saturated rings. The Bertz CT molecular complexity index is 485. The first-order chi connectivity index (χ1) is 9.77. The Hall–Kier alpha value is -1.86. The first-order valence-corrected chi connectivity index (χ1v) is 7.20. The van der Waals surface area contributed by atoms with Gasteiger partial charge in [-0.3, -0.25) is 0 Å². The molecular formula is C19H22O. The van der Waals surface area contributed by atoms with Crippen LogP contribution in [0.25, 0.3) is 5.57 Å². The summed E-state index contributed by atoms with van der Waals surface area (Å²) in [6.07, 6.45) is 3.49. The Morgan fingerprint density at radius 2 is 1.40 bits per heavy atom. The summed E-state index contributed by atoms with van der Waals surface area (Å²) in [5.74, 6) is 0. The third-order valence-electron chi connectivity index (χ3n) is 3.09. The second kappa shape index (κ2) is 7.66. The zero-order valence-electron chi connectivity index (χ0n) is 12.3. The minimum atomic E-state index is 0.292. The molecule has 0 atom stereocenters. The van der Waals surface area contributed by atoms with Gasteiger partial charge in [0.1, 0.15) is 0 Å². The third-order valence-corrected chi connectivity index (χ3v) is 3.09. The molecule has 0 aliphatic rings. The Morgan fingerprint density at radius 3 is 1.85 bits per heavy atom. The molecule has 2 rings (SSSR count). The van der Waals surface area contributed by atoms with Crippen LogP contribution < -0.4 is 0 Å². The number of hydrogen-bond donors (Lipinski definition) is 0. The van der Waals surface area contributed by atoms with Crippen LogP contribution in [-0.2, 0) is 4.74 Å². The van der Waals surface area contributed by atoms with Gasteiger partial charge < -0.3 is 4.74 Å². The van der Waals surface area contributed by atoms with Gasteiger partial charge in [-0.2, -0.15) is 0 Å². The Kier molecular flexibility index (Phi) is 5.57. The summed E-state index contributed by atoms with van der Waals surface area (Å²) < 4.78 is 5.62. The number of hydrogen-bond acceptors (Lipinski definition) is 1. The maximum absolute atomic E-state index is 5.62. The van der Waals surface area contributed by atoms with Crippen LogP contribution in [-0.4, -0.2) is 12.7 Å². The van der Waals surface area contributed by atoms with Crippen LogP contribution in [0.1, 0.15) is 31.4 Å². The first-order valence-electron chi connectivity index (χ1n) is 7.20. The fourth-order valence-corrected chi connectivity index (χ4v) is 2.14. The lowest BCUT2D eigenvalue weighted by Gasteiger charge is -2.10. The van der Waals surface area contributed by atoms with E-state index in [2.05, 4.69) is 68.5 Å². The lowest BCUT2D eigenvalue weighted by atomic mass is 9.97. The molecule has 0 unspecified atom stereocenters. The molecular weight excluding hydrogens is 244 g/mol. The second-order valence-electron chi connectivity index (χ2n) is 5.06. The summed E-state index contributed by atoms with van der Waals surface area (Å²) in [4.78, 5) is 0. The minimum Gasteiger partial charge on any atom is -0.378 e. The number of benzene rings is 2. The van der Waals surface area contributed by atoms with Crippen LogP contribution in [0.2, 0.25) is 0 Å². The molecule has 0 saturated carbocycles. The summed E-state index contributed by atoms with van der Waals surface area (Å²) in [5, 5.41) is 0. The van der Waals surface area contributed by atoms with E-state index in [4.69, 9.17) is 4.74 Å². The molecule has 0 aromatic heterocycles. The van der Waals surface area contributed by atoms with Crippen molar-refractivity contribution in [1.82, 2.24) is 0 Å². The molecule has 0 bridgehead atoms. The summed E-state index contributed by atoms with van der Waals surface area (Å²) in [7, 11) is 0. The van der Waals surface area contributed by atoms with Gasteiger partial charge in [0.15, 0.2) is 0 Å². The first kappa shape index (κ1) is 14.5. The van der Waals surface area contributed by atoms with E-state index in [0.29, 0.717) is 6.10 Å². The SMILES string of the molecule is CC(C)OCCC=C(c1ccccc1)c1ccccc1. The second-order valence-corrected chi connectivity index (χ2v) is 5.06. The predicted molar refractivity (Wildman–Crippen MR) is 85.7 cm³/mol. The van der Waals surface area contributed by atoms with Crippen LogP contribution in [0, 0.1) is 0 Å². The largest absolute Gasteiger partial charge is 0.378 e. The van der Waals surface area contributed by atoms with E-state index in [1.807, 2.05) is 12.1 Å². The van der Waals surface area contributed by atoms with Gasteiger partial charge in [-0.05, 0) is 37.0 Å². The monoisotopic (exact) mass is 266 g/mol. The van der Waals surface area contributed by atoms with Gasteiger partial charge in [-0.1, -0.05) is 66.7 Å². The Balaban J connectivity index is 2.19. The highest BCUT2D eigenvalue weighted by atomic mass is 16.5. The topological polar surface area (TPSA) is 9.23 Å². The van der Waals surface area contributed by atoms with Crippen molar-refractivity contribution in [2.75, 3.05) is 6.61 Å². The highest BCUT2D eigenvalue weighted by molar-refractivity contribution is 5.79. The fourth-order valence-electron chi connectivity index (χ4n) is 2.14. The van der Waals surface area contributed by atoms with E-state index in [1.54, 1.807) is 0 Å². The van der Waals surface area contributed by atoms with E-state index in [-0.39, 0.29) is 0 Å². The van der Waals surface area contributed by atoms with Crippen LogP contribution >= 0.6 is 0 Å². The van der Waals surface area contributed by atoms with Crippen molar-refractivity contribution in [3.63, 3.8) is 0 Å². The molecule has 104 valence electrons. The highest BCUT2D eigenvalue weighted by Crippen LogP contribution is 2.23. The molecule has 1 heteroatoms. The quantitative estimate of drug-likeness (QED) is 0.673. The van der Waals surface area contributed by atoms with Crippen molar-refractivity contribution in [3.8, 4) is 0 Å². The van der Waals surface area contributed by atoms with E-state index in [0.717, 1.165) is 13.0 Å². The minimum absolute atomic E-state index is 0.292. The molecule has 2 aromatic rings.